The molecule has 0 bridgehead atoms. The second kappa shape index (κ2) is 6.35. The summed E-state index contributed by atoms with van der Waals surface area (Å²) in [4.78, 5) is -0.890. The van der Waals surface area contributed by atoms with Gasteiger partial charge in [-0.15, -0.1) is 0 Å². The van der Waals surface area contributed by atoms with Crippen LogP contribution >= 0.6 is 11.3 Å². The van der Waals surface area contributed by atoms with E-state index in [-0.39, 0.29) is 0 Å². The third kappa shape index (κ3) is 3.37. The molecule has 6 heteroatoms. The predicted octanol–water partition coefficient (Wildman–Crippen LogP) is 5.38. The van der Waals surface area contributed by atoms with E-state index >= 15 is 0 Å². The van der Waals surface area contributed by atoms with Crippen molar-refractivity contribution in [1.29, 1.82) is 0 Å². The molecule has 0 atom stereocenters. The van der Waals surface area contributed by atoms with Crippen LogP contribution in [0.2, 0.25) is 0 Å². The molecule has 0 radical (unpaired) electrons. The van der Waals surface area contributed by atoms with Crippen molar-refractivity contribution in [1.82, 2.24) is 0 Å². The molecule has 1 aromatic heterocycles. The summed E-state index contributed by atoms with van der Waals surface area (Å²) < 4.78 is 51.6. The third-order valence-corrected chi connectivity index (χ3v) is 6.04. The van der Waals surface area contributed by atoms with E-state index in [1.165, 1.54) is 11.3 Å². The highest BCUT2D eigenvalue weighted by Crippen LogP contribution is 2.37. The number of hydrogen-bond donors (Lipinski definition) is 0. The summed E-state index contributed by atoms with van der Waals surface area (Å²) in [6, 6.07) is 8.14. The highest BCUT2D eigenvalue weighted by atomic mass is 32.2. The molecule has 0 fully saturated rings. The fraction of sp³-hybridized carbons (Fsp3) is 0.158. The quantitative estimate of drug-likeness (QED) is 0.613. The Morgan fingerprint density at radius 2 is 1.40 bits per heavy atom. The van der Waals surface area contributed by atoms with Crippen molar-refractivity contribution in [2.75, 3.05) is 6.26 Å². The lowest BCUT2D eigenvalue weighted by atomic mass is 9.96. The van der Waals surface area contributed by atoms with Crippen molar-refractivity contribution in [2.24, 2.45) is 0 Å². The maximum absolute atomic E-state index is 14.2. The molecule has 0 unspecified atom stereocenters. The second-order valence-electron chi connectivity index (χ2n) is 6.04. The minimum absolute atomic E-state index is 0.317. The number of aryl methyl sites for hydroxylation is 2. The van der Waals surface area contributed by atoms with Crippen molar-refractivity contribution < 1.29 is 17.2 Å². The minimum atomic E-state index is -3.97. The summed E-state index contributed by atoms with van der Waals surface area (Å²) in [7, 11) is -3.97. The van der Waals surface area contributed by atoms with E-state index in [0.29, 0.717) is 11.1 Å². The van der Waals surface area contributed by atoms with Crippen LogP contribution in [0.15, 0.2) is 46.0 Å². The van der Waals surface area contributed by atoms with Crippen LogP contribution in [-0.2, 0) is 9.84 Å². The fourth-order valence-electron chi connectivity index (χ4n) is 2.72. The molecule has 130 valence electrons. The molecule has 2 nitrogen and oxygen atoms in total. The summed E-state index contributed by atoms with van der Waals surface area (Å²) in [6.45, 7) is 4.02. The van der Waals surface area contributed by atoms with E-state index in [1.54, 1.807) is 5.38 Å². The van der Waals surface area contributed by atoms with Crippen LogP contribution < -0.4 is 0 Å². The highest BCUT2D eigenvalue weighted by molar-refractivity contribution is 7.90. The Morgan fingerprint density at radius 3 is 1.92 bits per heavy atom. The van der Waals surface area contributed by atoms with Crippen LogP contribution in [0, 0.1) is 25.5 Å². The Morgan fingerprint density at radius 1 is 0.840 bits per heavy atom. The number of rotatable bonds is 3. The Hall–Kier alpha value is -2.05. The summed E-state index contributed by atoms with van der Waals surface area (Å²) in [6.07, 6.45) is 0.791. The van der Waals surface area contributed by atoms with Gasteiger partial charge in [-0.3, -0.25) is 0 Å². The SMILES string of the molecule is Cc1ccc(-c2cscc2-c2cc(F)c(S(C)(=O)=O)c(F)c2)cc1C. The monoisotopic (exact) mass is 378 g/mol. The number of thiophene rings is 1. The van der Waals surface area contributed by atoms with Gasteiger partial charge in [-0.1, -0.05) is 18.2 Å². The van der Waals surface area contributed by atoms with Gasteiger partial charge in [0.25, 0.3) is 0 Å². The van der Waals surface area contributed by atoms with Crippen molar-refractivity contribution in [3.05, 3.63) is 63.9 Å². The maximum Gasteiger partial charge on any atom is 0.181 e. The summed E-state index contributed by atoms with van der Waals surface area (Å²) in [5, 5.41) is 3.72. The van der Waals surface area contributed by atoms with Gasteiger partial charge < -0.3 is 0 Å². The molecule has 1 heterocycles. The standard InChI is InChI=1S/C19H16F2O2S2/c1-11-4-5-13(6-12(11)2)15-9-24-10-16(15)14-7-17(20)19(18(21)8-14)25(3,22)23/h4-10H,1-3H3. The molecule has 3 aromatic rings. The molecule has 0 saturated carbocycles. The Kier molecular flexibility index (Phi) is 4.51. The summed E-state index contributed by atoms with van der Waals surface area (Å²) in [5.74, 6) is -2.15. The van der Waals surface area contributed by atoms with Crippen LogP contribution in [-0.4, -0.2) is 14.7 Å². The lowest BCUT2D eigenvalue weighted by Crippen LogP contribution is -2.04. The van der Waals surface area contributed by atoms with Crippen molar-refractivity contribution >= 4 is 21.2 Å². The van der Waals surface area contributed by atoms with E-state index in [4.69, 9.17) is 0 Å². The number of benzene rings is 2. The molecule has 0 aliphatic heterocycles. The lowest BCUT2D eigenvalue weighted by molar-refractivity contribution is 0.522. The lowest BCUT2D eigenvalue weighted by Gasteiger charge is -2.10. The predicted molar refractivity (Wildman–Crippen MR) is 97.7 cm³/mol. The molecule has 25 heavy (non-hydrogen) atoms. The molecular formula is C19H16F2O2S2. The molecule has 0 aliphatic carbocycles. The molecule has 0 N–H and O–H groups in total. The summed E-state index contributed by atoms with van der Waals surface area (Å²) in [5.41, 5.74) is 5.09. The van der Waals surface area contributed by atoms with Crippen molar-refractivity contribution in [2.45, 2.75) is 18.7 Å². The first-order chi connectivity index (χ1) is 11.7. The number of hydrogen-bond acceptors (Lipinski definition) is 3. The average molecular weight is 378 g/mol. The molecule has 2 aromatic carbocycles. The molecule has 0 aliphatic rings. The average Bonchev–Trinajstić information content (AvgIpc) is 2.97. The molecule has 0 amide bonds. The first-order valence-electron chi connectivity index (χ1n) is 7.52. The minimum Gasteiger partial charge on any atom is -0.224 e. The smallest absolute Gasteiger partial charge is 0.181 e. The van der Waals surface area contributed by atoms with Gasteiger partial charge in [0.15, 0.2) is 9.84 Å². The van der Waals surface area contributed by atoms with Crippen molar-refractivity contribution in [3.8, 4) is 22.3 Å². The van der Waals surface area contributed by atoms with Gasteiger partial charge in [-0.25, -0.2) is 17.2 Å². The molecule has 0 saturated heterocycles. The zero-order valence-electron chi connectivity index (χ0n) is 13.9. The van der Waals surface area contributed by atoms with E-state index in [9.17, 15) is 17.2 Å². The highest BCUT2D eigenvalue weighted by Gasteiger charge is 2.22. The van der Waals surface area contributed by atoms with Crippen LogP contribution in [0.25, 0.3) is 22.3 Å². The first kappa shape index (κ1) is 17.8. The summed E-state index contributed by atoms with van der Waals surface area (Å²) >= 11 is 1.42. The molecular weight excluding hydrogens is 362 g/mol. The second-order valence-corrected chi connectivity index (χ2v) is 8.74. The van der Waals surface area contributed by atoms with Crippen LogP contribution in [0.5, 0.6) is 0 Å². The maximum atomic E-state index is 14.2. The topological polar surface area (TPSA) is 34.1 Å². The largest absolute Gasteiger partial charge is 0.224 e. The Labute approximate surface area is 149 Å². The van der Waals surface area contributed by atoms with Gasteiger partial charge in [0.1, 0.15) is 16.5 Å². The van der Waals surface area contributed by atoms with Gasteiger partial charge in [0.05, 0.1) is 0 Å². The van der Waals surface area contributed by atoms with Gasteiger partial charge in [-0.2, -0.15) is 11.3 Å². The first-order valence-corrected chi connectivity index (χ1v) is 10.3. The Bertz CT molecular complexity index is 1040. The van der Waals surface area contributed by atoms with Gasteiger partial charge in [0, 0.05) is 17.4 Å². The molecule has 0 spiro atoms. The van der Waals surface area contributed by atoms with Gasteiger partial charge in [-0.05, 0) is 59.0 Å². The third-order valence-electron chi connectivity index (χ3n) is 4.16. The van der Waals surface area contributed by atoms with Gasteiger partial charge in [0.2, 0.25) is 0 Å². The van der Waals surface area contributed by atoms with E-state index in [2.05, 4.69) is 0 Å². The van der Waals surface area contributed by atoms with E-state index in [1.807, 2.05) is 37.4 Å². The normalized spacial score (nSPS) is 11.7. The van der Waals surface area contributed by atoms with E-state index in [0.717, 1.165) is 40.6 Å². The zero-order chi connectivity index (χ0) is 18.4. The van der Waals surface area contributed by atoms with Crippen LogP contribution in [0.1, 0.15) is 11.1 Å². The fourth-order valence-corrected chi connectivity index (χ4v) is 4.42. The van der Waals surface area contributed by atoms with Crippen LogP contribution in [0.3, 0.4) is 0 Å². The Balaban J connectivity index is 2.17. The van der Waals surface area contributed by atoms with Crippen LogP contribution in [0.4, 0.5) is 8.78 Å². The van der Waals surface area contributed by atoms with E-state index < -0.39 is 26.4 Å². The number of sulfone groups is 1. The number of halogens is 2. The van der Waals surface area contributed by atoms with Crippen molar-refractivity contribution in [3.63, 3.8) is 0 Å². The molecule has 3 rings (SSSR count). The zero-order valence-corrected chi connectivity index (χ0v) is 15.6. The van der Waals surface area contributed by atoms with Gasteiger partial charge >= 0.3 is 0 Å².